The fourth-order valence-corrected chi connectivity index (χ4v) is 2.06. The van der Waals surface area contributed by atoms with E-state index in [1.165, 1.54) is 24.6 Å². The van der Waals surface area contributed by atoms with E-state index in [4.69, 9.17) is 0 Å². The standard InChI is InChI=1S/C8H7P/c1-6-2-3-7-4-5-9-8(6)7/h2-5H,1H3. The van der Waals surface area contributed by atoms with Gasteiger partial charge < -0.3 is 0 Å². The summed E-state index contributed by atoms with van der Waals surface area (Å²) in [7, 11) is 1.37. The molecule has 1 heterocycles. The number of fused-ring (bicyclic) bond motifs is 1. The van der Waals surface area contributed by atoms with Gasteiger partial charge in [-0.3, -0.25) is 0 Å². The average molecular weight is 134 g/mol. The fourth-order valence-electron chi connectivity index (χ4n) is 1.10. The van der Waals surface area contributed by atoms with E-state index < -0.39 is 0 Å². The molecule has 2 rings (SSSR count). The van der Waals surface area contributed by atoms with Gasteiger partial charge in [-0.1, -0.05) is 20.4 Å². The first kappa shape index (κ1) is 5.20. The first-order valence-corrected chi connectivity index (χ1v) is 3.98. The van der Waals surface area contributed by atoms with Crippen LogP contribution in [0.2, 0.25) is 0 Å². The molecule has 0 saturated heterocycles. The molecular weight excluding hydrogens is 127 g/mol. The van der Waals surface area contributed by atoms with Crippen LogP contribution in [-0.2, 0) is 0 Å². The van der Waals surface area contributed by atoms with Crippen molar-refractivity contribution in [1.82, 2.24) is 0 Å². The molecule has 0 spiro atoms. The molecule has 0 aromatic heterocycles. The molecule has 1 aliphatic carbocycles. The van der Waals surface area contributed by atoms with Gasteiger partial charge in [-0.25, -0.2) is 0 Å². The molecule has 0 unspecified atom stereocenters. The van der Waals surface area contributed by atoms with Gasteiger partial charge in [0.1, 0.15) is 0 Å². The van der Waals surface area contributed by atoms with Crippen molar-refractivity contribution < 1.29 is 0 Å². The smallest absolute Gasteiger partial charge is 0.0120 e. The van der Waals surface area contributed by atoms with Crippen molar-refractivity contribution in [2.45, 2.75) is 6.92 Å². The van der Waals surface area contributed by atoms with E-state index in [9.17, 15) is 0 Å². The molecule has 1 aliphatic heterocycles. The minimum atomic E-state index is 1.37. The molecule has 0 amide bonds. The van der Waals surface area contributed by atoms with Gasteiger partial charge in [0, 0.05) is 5.29 Å². The van der Waals surface area contributed by atoms with E-state index in [2.05, 4.69) is 31.0 Å². The van der Waals surface area contributed by atoms with Gasteiger partial charge in [0.05, 0.1) is 0 Å². The molecule has 0 radical (unpaired) electrons. The predicted molar refractivity (Wildman–Crippen MR) is 42.9 cm³/mol. The Hall–Kier alpha value is -0.610. The second-order valence-corrected chi connectivity index (χ2v) is 3.27. The van der Waals surface area contributed by atoms with Gasteiger partial charge in [0.15, 0.2) is 0 Å². The van der Waals surface area contributed by atoms with Crippen LogP contribution in [-0.4, -0.2) is 5.29 Å². The molecule has 0 atom stereocenters. The first-order chi connectivity index (χ1) is 4.38. The van der Waals surface area contributed by atoms with Crippen LogP contribution >= 0.6 is 8.20 Å². The lowest BCUT2D eigenvalue weighted by atomic mass is 10.2. The third kappa shape index (κ3) is 0.635. The normalized spacial score (nSPS) is 23.0. The minimum Gasteiger partial charge on any atom is -0.0675 e. The van der Waals surface area contributed by atoms with Crippen LogP contribution in [0.15, 0.2) is 35.2 Å². The van der Waals surface area contributed by atoms with Gasteiger partial charge in [-0.15, -0.1) is 0 Å². The van der Waals surface area contributed by atoms with Crippen molar-refractivity contribution in [1.29, 1.82) is 0 Å². The van der Waals surface area contributed by atoms with Gasteiger partial charge in [-0.05, 0) is 30.0 Å². The molecule has 0 fully saturated rings. The quantitative estimate of drug-likeness (QED) is 0.446. The van der Waals surface area contributed by atoms with Gasteiger partial charge in [0.2, 0.25) is 0 Å². The highest BCUT2D eigenvalue weighted by Gasteiger charge is 2.11. The van der Waals surface area contributed by atoms with E-state index in [0.29, 0.717) is 0 Å². The zero-order valence-electron chi connectivity index (χ0n) is 5.26. The molecule has 0 bridgehead atoms. The average Bonchev–Trinajstić information content (AvgIpc) is 2.35. The summed E-state index contributed by atoms with van der Waals surface area (Å²) in [6, 6.07) is 0. The number of hydrogen-bond donors (Lipinski definition) is 0. The van der Waals surface area contributed by atoms with E-state index in [-0.39, 0.29) is 0 Å². The minimum absolute atomic E-state index is 1.37. The Bertz CT molecular complexity index is 264. The van der Waals surface area contributed by atoms with Crippen LogP contribution in [0.1, 0.15) is 6.92 Å². The molecule has 2 aliphatic rings. The lowest BCUT2D eigenvalue weighted by Gasteiger charge is -1.93. The largest absolute Gasteiger partial charge is 0.0675 e. The molecule has 0 nitrogen and oxygen atoms in total. The summed E-state index contributed by atoms with van der Waals surface area (Å²) in [6.45, 7) is 2.17. The molecule has 1 heteroatoms. The second kappa shape index (κ2) is 1.68. The highest BCUT2D eigenvalue weighted by molar-refractivity contribution is 7.46. The topological polar surface area (TPSA) is 0 Å². The second-order valence-electron chi connectivity index (χ2n) is 2.27. The summed E-state index contributed by atoms with van der Waals surface area (Å²) >= 11 is 0. The molecule has 0 saturated carbocycles. The van der Waals surface area contributed by atoms with Crippen molar-refractivity contribution in [3.05, 3.63) is 35.2 Å². The molecule has 9 heavy (non-hydrogen) atoms. The number of rotatable bonds is 0. The summed E-state index contributed by atoms with van der Waals surface area (Å²) in [4.78, 5) is 0. The summed E-state index contributed by atoms with van der Waals surface area (Å²) in [5, 5.41) is 1.50. The Balaban J connectivity index is 2.53. The summed E-state index contributed by atoms with van der Waals surface area (Å²) < 4.78 is 0. The van der Waals surface area contributed by atoms with E-state index in [0.717, 1.165) is 0 Å². The van der Waals surface area contributed by atoms with Crippen LogP contribution < -0.4 is 0 Å². The summed E-state index contributed by atoms with van der Waals surface area (Å²) in [5.41, 5.74) is 2.84. The van der Waals surface area contributed by atoms with Crippen LogP contribution in [0.4, 0.5) is 0 Å². The van der Waals surface area contributed by atoms with Crippen molar-refractivity contribution in [2.75, 3.05) is 0 Å². The van der Waals surface area contributed by atoms with Crippen molar-refractivity contribution in [3.63, 3.8) is 0 Å². The van der Waals surface area contributed by atoms with Crippen LogP contribution in [0.5, 0.6) is 0 Å². The summed E-state index contributed by atoms with van der Waals surface area (Å²) in [6.07, 6.45) is 6.55. The first-order valence-electron chi connectivity index (χ1n) is 3.01. The molecule has 0 aromatic carbocycles. The molecule has 0 aromatic rings. The maximum absolute atomic E-state index is 2.19. The van der Waals surface area contributed by atoms with E-state index in [1.807, 2.05) is 0 Å². The Labute approximate surface area is 56.4 Å². The number of hydrogen-bond acceptors (Lipinski definition) is 0. The van der Waals surface area contributed by atoms with E-state index in [1.54, 1.807) is 0 Å². The van der Waals surface area contributed by atoms with E-state index >= 15 is 0 Å². The van der Waals surface area contributed by atoms with Gasteiger partial charge in [0.25, 0.3) is 0 Å². The zero-order valence-corrected chi connectivity index (χ0v) is 6.15. The maximum Gasteiger partial charge on any atom is 0.0120 e. The Morgan fingerprint density at radius 1 is 1.33 bits per heavy atom. The van der Waals surface area contributed by atoms with Crippen molar-refractivity contribution in [3.8, 4) is 0 Å². The predicted octanol–water partition coefficient (Wildman–Crippen LogP) is 2.52. The van der Waals surface area contributed by atoms with Crippen LogP contribution in [0, 0.1) is 0 Å². The zero-order chi connectivity index (χ0) is 6.27. The fraction of sp³-hybridized carbons (Fsp3) is 0.125. The van der Waals surface area contributed by atoms with Crippen molar-refractivity contribution in [2.24, 2.45) is 0 Å². The molecule has 44 valence electrons. The third-order valence-electron chi connectivity index (χ3n) is 1.62. The highest BCUT2D eigenvalue weighted by Crippen LogP contribution is 2.28. The Kier molecular flexibility index (Phi) is 0.972. The van der Waals surface area contributed by atoms with Crippen LogP contribution in [0.25, 0.3) is 0 Å². The summed E-state index contributed by atoms with van der Waals surface area (Å²) in [5.74, 6) is 2.19. The number of allylic oxidation sites excluding steroid dienone is 5. The monoisotopic (exact) mass is 134 g/mol. The lowest BCUT2D eigenvalue weighted by molar-refractivity contribution is 1.65. The lowest BCUT2D eigenvalue weighted by Crippen LogP contribution is -1.89. The van der Waals surface area contributed by atoms with Gasteiger partial charge in [-0.2, -0.15) is 0 Å². The SMILES string of the molecule is CC1=CC=C2C=CP=C12. The van der Waals surface area contributed by atoms with Crippen LogP contribution in [0.3, 0.4) is 0 Å². The highest BCUT2D eigenvalue weighted by atomic mass is 31.1. The van der Waals surface area contributed by atoms with Crippen molar-refractivity contribution >= 4 is 13.5 Å². The third-order valence-corrected chi connectivity index (χ3v) is 2.78. The molecule has 0 N–H and O–H groups in total. The maximum atomic E-state index is 2.19. The Morgan fingerprint density at radius 3 is 3.00 bits per heavy atom. The molecular formula is C8H7P. The van der Waals surface area contributed by atoms with Gasteiger partial charge >= 0.3 is 0 Å². The Morgan fingerprint density at radius 2 is 2.22 bits per heavy atom.